The fourth-order valence-electron chi connectivity index (χ4n) is 4.68. The van der Waals surface area contributed by atoms with Crippen LogP contribution >= 0.6 is 11.8 Å². The number of nitrogens with zero attached hydrogens (tertiary/aromatic N) is 5. The smallest absolute Gasteiger partial charge is 0.233 e. The minimum atomic E-state index is -0.269. The van der Waals surface area contributed by atoms with Gasteiger partial charge in [-0.05, 0) is 43.9 Å². The zero-order valence-electron chi connectivity index (χ0n) is 19.6. The molecule has 0 aliphatic carbocycles. The molecule has 2 aliphatic rings. The Kier molecular flexibility index (Phi) is 7.20. The number of rotatable bonds is 9. The number of furan rings is 1. The van der Waals surface area contributed by atoms with Gasteiger partial charge in [0.15, 0.2) is 5.16 Å². The van der Waals surface area contributed by atoms with E-state index in [1.165, 1.54) is 17.3 Å². The number of carbonyl (C=O) groups is 1. The minimum absolute atomic E-state index is 0.0480. The lowest BCUT2D eigenvalue weighted by Crippen LogP contribution is -2.40. The van der Waals surface area contributed by atoms with E-state index in [4.69, 9.17) is 4.42 Å². The predicted molar refractivity (Wildman–Crippen MR) is 133 cm³/mol. The number of hydrogen-bond acceptors (Lipinski definition) is 7. The summed E-state index contributed by atoms with van der Waals surface area (Å²) in [5.74, 6) is 1.76. The number of nitrogens with one attached hydrogen (secondary N) is 1. The third kappa shape index (κ3) is 5.47. The van der Waals surface area contributed by atoms with Gasteiger partial charge in [-0.25, -0.2) is 0 Å². The number of carbonyl (C=O) groups excluding carboxylic acids is 1. The first-order chi connectivity index (χ1) is 16.7. The molecule has 3 aromatic rings. The summed E-state index contributed by atoms with van der Waals surface area (Å²) in [6.45, 7) is 7.27. The van der Waals surface area contributed by atoms with Gasteiger partial charge in [-0.15, -0.1) is 10.2 Å². The van der Waals surface area contributed by atoms with Gasteiger partial charge in [-0.2, -0.15) is 0 Å². The first-order valence-electron chi connectivity index (χ1n) is 12.1. The van der Waals surface area contributed by atoms with Gasteiger partial charge in [0.05, 0.1) is 18.1 Å². The van der Waals surface area contributed by atoms with Crippen LogP contribution in [0.1, 0.15) is 37.5 Å². The van der Waals surface area contributed by atoms with Crippen molar-refractivity contribution in [2.75, 3.05) is 31.1 Å². The highest BCUT2D eigenvalue weighted by Gasteiger charge is 2.28. The molecule has 4 heterocycles. The molecule has 1 N–H and O–H groups in total. The maximum absolute atomic E-state index is 13.0. The SMILES string of the molecule is CC(Sc1nnc(N2CCCC2)n1Cc1ccco1)C(=O)NC1CCN(Cc2ccccc2)C1. The van der Waals surface area contributed by atoms with E-state index >= 15 is 0 Å². The zero-order valence-corrected chi connectivity index (χ0v) is 20.4. The van der Waals surface area contributed by atoms with Crippen molar-refractivity contribution < 1.29 is 9.21 Å². The van der Waals surface area contributed by atoms with Crippen molar-refractivity contribution in [1.82, 2.24) is 25.0 Å². The summed E-state index contributed by atoms with van der Waals surface area (Å²) in [5.41, 5.74) is 1.31. The highest BCUT2D eigenvalue weighted by Crippen LogP contribution is 2.28. The Bertz CT molecular complexity index is 1060. The molecule has 1 aromatic carbocycles. The maximum Gasteiger partial charge on any atom is 0.233 e. The Hall–Kier alpha value is -2.78. The Morgan fingerprint density at radius 3 is 2.71 bits per heavy atom. The summed E-state index contributed by atoms with van der Waals surface area (Å²) in [7, 11) is 0. The second-order valence-corrected chi connectivity index (χ2v) is 10.4. The van der Waals surface area contributed by atoms with E-state index < -0.39 is 0 Å². The number of amides is 1. The van der Waals surface area contributed by atoms with E-state index in [0.717, 1.165) is 68.9 Å². The Morgan fingerprint density at radius 2 is 1.94 bits per heavy atom. The van der Waals surface area contributed by atoms with Crippen LogP contribution in [0.25, 0.3) is 0 Å². The van der Waals surface area contributed by atoms with Crippen LogP contribution in [0.2, 0.25) is 0 Å². The Balaban J connectivity index is 1.20. The van der Waals surface area contributed by atoms with E-state index in [1.54, 1.807) is 6.26 Å². The molecule has 2 unspecified atom stereocenters. The third-order valence-electron chi connectivity index (χ3n) is 6.50. The molecule has 0 bridgehead atoms. The van der Waals surface area contributed by atoms with Crippen molar-refractivity contribution in [3.05, 3.63) is 60.1 Å². The normalized spacial score (nSPS) is 19.6. The summed E-state index contributed by atoms with van der Waals surface area (Å²) in [5, 5.41) is 12.7. The van der Waals surface area contributed by atoms with Gasteiger partial charge in [0.2, 0.25) is 11.9 Å². The molecule has 0 spiro atoms. The highest BCUT2D eigenvalue weighted by molar-refractivity contribution is 8.00. The molecule has 2 atom stereocenters. The number of benzene rings is 1. The fourth-order valence-corrected chi connectivity index (χ4v) is 5.53. The summed E-state index contributed by atoms with van der Waals surface area (Å²) >= 11 is 1.46. The molecular formula is C25H32N6O2S. The lowest BCUT2D eigenvalue weighted by atomic mass is 10.2. The number of likely N-dealkylation sites (tertiary alicyclic amines) is 1. The molecule has 0 saturated carbocycles. The van der Waals surface area contributed by atoms with Gasteiger partial charge in [0.25, 0.3) is 0 Å². The Labute approximate surface area is 204 Å². The average Bonchev–Trinajstić information content (AvgIpc) is 3.64. The lowest BCUT2D eigenvalue weighted by molar-refractivity contribution is -0.120. The second-order valence-electron chi connectivity index (χ2n) is 9.12. The zero-order chi connectivity index (χ0) is 23.3. The van der Waals surface area contributed by atoms with Crippen molar-refractivity contribution in [3.63, 3.8) is 0 Å². The predicted octanol–water partition coefficient (Wildman–Crippen LogP) is 3.39. The van der Waals surface area contributed by atoms with Crippen LogP contribution < -0.4 is 10.2 Å². The number of thioether (sulfide) groups is 1. The number of aromatic nitrogens is 3. The molecule has 8 nitrogen and oxygen atoms in total. The van der Waals surface area contributed by atoms with Gasteiger partial charge in [0.1, 0.15) is 5.76 Å². The molecular weight excluding hydrogens is 448 g/mol. The first-order valence-corrected chi connectivity index (χ1v) is 13.0. The topological polar surface area (TPSA) is 79.4 Å². The van der Waals surface area contributed by atoms with Crippen LogP contribution in [-0.4, -0.2) is 63.0 Å². The molecule has 2 fully saturated rings. The van der Waals surface area contributed by atoms with Crippen molar-refractivity contribution in [2.24, 2.45) is 0 Å². The average molecular weight is 481 g/mol. The molecule has 1 amide bonds. The minimum Gasteiger partial charge on any atom is -0.467 e. The van der Waals surface area contributed by atoms with Gasteiger partial charge >= 0.3 is 0 Å². The summed E-state index contributed by atoms with van der Waals surface area (Å²) in [6, 6.07) is 14.5. The molecule has 2 aliphatic heterocycles. The summed E-state index contributed by atoms with van der Waals surface area (Å²) in [4.78, 5) is 17.7. The van der Waals surface area contributed by atoms with Crippen molar-refractivity contribution in [3.8, 4) is 0 Å². The fraction of sp³-hybridized carbons (Fsp3) is 0.480. The van der Waals surface area contributed by atoms with E-state index in [2.05, 4.69) is 54.1 Å². The molecule has 2 saturated heterocycles. The molecule has 34 heavy (non-hydrogen) atoms. The van der Waals surface area contributed by atoms with Crippen molar-refractivity contribution in [2.45, 2.75) is 55.7 Å². The molecule has 5 rings (SSSR count). The monoisotopic (exact) mass is 480 g/mol. The number of anilines is 1. The van der Waals surface area contributed by atoms with Crippen molar-refractivity contribution >= 4 is 23.6 Å². The van der Waals surface area contributed by atoms with Gasteiger partial charge in [0, 0.05) is 38.8 Å². The highest BCUT2D eigenvalue weighted by atomic mass is 32.2. The third-order valence-corrected chi connectivity index (χ3v) is 7.58. The molecule has 9 heteroatoms. The largest absolute Gasteiger partial charge is 0.467 e. The second kappa shape index (κ2) is 10.7. The van der Waals surface area contributed by atoms with E-state index in [-0.39, 0.29) is 17.2 Å². The first kappa shape index (κ1) is 23.0. The van der Waals surface area contributed by atoms with Crippen LogP contribution in [0.4, 0.5) is 5.95 Å². The van der Waals surface area contributed by atoms with Crippen molar-refractivity contribution in [1.29, 1.82) is 0 Å². The van der Waals surface area contributed by atoms with E-state index in [1.807, 2.05) is 25.1 Å². The van der Waals surface area contributed by atoms with E-state index in [0.29, 0.717) is 6.54 Å². The molecule has 180 valence electrons. The summed E-state index contributed by atoms with van der Waals surface area (Å²) in [6.07, 6.45) is 4.99. The van der Waals surface area contributed by atoms with Crippen LogP contribution in [0.5, 0.6) is 0 Å². The quantitative estimate of drug-likeness (QED) is 0.470. The number of hydrogen-bond donors (Lipinski definition) is 1. The molecule has 0 radical (unpaired) electrons. The standard InChI is InChI=1S/C25H32N6O2S/c1-19(23(32)26-21-11-14-29(17-21)16-20-8-3-2-4-9-20)34-25-28-27-24(30-12-5-6-13-30)31(25)18-22-10-7-15-33-22/h2-4,7-10,15,19,21H,5-6,11-14,16-18H2,1H3,(H,26,32). The summed E-state index contributed by atoms with van der Waals surface area (Å²) < 4.78 is 7.66. The lowest BCUT2D eigenvalue weighted by Gasteiger charge is -2.20. The van der Waals surface area contributed by atoms with Gasteiger partial charge in [-0.3, -0.25) is 14.3 Å². The van der Waals surface area contributed by atoms with Gasteiger partial charge < -0.3 is 14.6 Å². The maximum atomic E-state index is 13.0. The van der Waals surface area contributed by atoms with E-state index in [9.17, 15) is 4.79 Å². The van der Waals surface area contributed by atoms with Crippen LogP contribution in [0.15, 0.2) is 58.3 Å². The van der Waals surface area contributed by atoms with Crippen LogP contribution in [-0.2, 0) is 17.9 Å². The molecule has 2 aromatic heterocycles. The van der Waals surface area contributed by atoms with Crippen LogP contribution in [0.3, 0.4) is 0 Å². The van der Waals surface area contributed by atoms with Crippen LogP contribution in [0, 0.1) is 0 Å². The Morgan fingerprint density at radius 1 is 1.12 bits per heavy atom. The van der Waals surface area contributed by atoms with Gasteiger partial charge in [-0.1, -0.05) is 42.1 Å².